The molecule has 0 amide bonds. The Morgan fingerprint density at radius 3 is 2.38 bits per heavy atom. The molecule has 1 aliphatic heterocycles. The van der Waals surface area contributed by atoms with E-state index in [9.17, 15) is 4.79 Å². The molecule has 0 radical (unpaired) electrons. The van der Waals surface area contributed by atoms with Crippen molar-refractivity contribution in [3.8, 4) is 11.5 Å². The molecular weight excluding hydrogens is 266 g/mol. The summed E-state index contributed by atoms with van der Waals surface area (Å²) in [7, 11) is 0. The van der Waals surface area contributed by atoms with Crippen LogP contribution in [0.3, 0.4) is 0 Å². The van der Waals surface area contributed by atoms with Gasteiger partial charge in [-0.05, 0) is 51.9 Å². The van der Waals surface area contributed by atoms with Crippen molar-refractivity contribution in [3.05, 3.63) is 24.3 Å². The molecule has 0 saturated carbocycles. The van der Waals surface area contributed by atoms with Crippen molar-refractivity contribution < 1.29 is 14.3 Å². The lowest BCUT2D eigenvalue weighted by atomic mass is 9.93. The maximum atomic E-state index is 11.3. The molecule has 0 atom stereocenters. The summed E-state index contributed by atoms with van der Waals surface area (Å²) in [6.45, 7) is 7.82. The summed E-state index contributed by atoms with van der Waals surface area (Å²) in [6.07, 6.45) is 1.95. The Hall–Kier alpha value is -1.55. The van der Waals surface area contributed by atoms with E-state index in [1.165, 1.54) is 0 Å². The van der Waals surface area contributed by atoms with Crippen molar-refractivity contribution in [2.45, 2.75) is 26.7 Å². The van der Waals surface area contributed by atoms with Crippen LogP contribution in [0.25, 0.3) is 0 Å². The van der Waals surface area contributed by atoms with Gasteiger partial charge in [-0.3, -0.25) is 9.69 Å². The highest BCUT2D eigenvalue weighted by Gasteiger charge is 2.21. The minimum absolute atomic E-state index is 0.265. The van der Waals surface area contributed by atoms with Crippen LogP contribution in [0.5, 0.6) is 11.5 Å². The number of carbonyl (C=O) groups is 1. The van der Waals surface area contributed by atoms with Gasteiger partial charge in [0.15, 0.2) is 11.5 Å². The average molecular weight is 291 g/mol. The highest BCUT2D eigenvalue weighted by molar-refractivity contribution is 5.78. The first kappa shape index (κ1) is 15.8. The Labute approximate surface area is 127 Å². The summed E-state index contributed by atoms with van der Waals surface area (Å²) >= 11 is 0. The number of carbonyl (C=O) groups excluding carboxylic acids is 1. The van der Waals surface area contributed by atoms with Gasteiger partial charge in [0, 0.05) is 12.5 Å². The van der Waals surface area contributed by atoms with Gasteiger partial charge in [-0.25, -0.2) is 0 Å². The average Bonchev–Trinajstić information content (AvgIpc) is 2.50. The molecule has 1 saturated heterocycles. The van der Waals surface area contributed by atoms with Crippen LogP contribution >= 0.6 is 0 Å². The van der Waals surface area contributed by atoms with E-state index in [4.69, 9.17) is 9.47 Å². The second-order valence-electron chi connectivity index (χ2n) is 5.45. The number of rotatable bonds is 7. The first-order chi connectivity index (χ1) is 10.2. The molecule has 21 heavy (non-hydrogen) atoms. The van der Waals surface area contributed by atoms with Gasteiger partial charge in [0.05, 0.1) is 6.61 Å². The zero-order chi connectivity index (χ0) is 15.1. The van der Waals surface area contributed by atoms with Crippen molar-refractivity contribution in [2.75, 3.05) is 32.8 Å². The maximum absolute atomic E-state index is 11.3. The highest BCUT2D eigenvalue weighted by atomic mass is 16.5. The van der Waals surface area contributed by atoms with Gasteiger partial charge in [-0.1, -0.05) is 12.1 Å². The summed E-state index contributed by atoms with van der Waals surface area (Å²) in [6, 6.07) is 7.77. The van der Waals surface area contributed by atoms with E-state index in [0.717, 1.165) is 44.0 Å². The number of hydrogen-bond acceptors (Lipinski definition) is 4. The predicted octanol–water partition coefficient (Wildman–Crippen LogP) is 2.77. The molecule has 0 spiro atoms. The van der Waals surface area contributed by atoms with E-state index >= 15 is 0 Å². The molecular formula is C17H25NO3. The molecule has 1 heterocycles. The van der Waals surface area contributed by atoms with Crippen LogP contribution < -0.4 is 9.47 Å². The smallest absolute Gasteiger partial charge is 0.161 e. The van der Waals surface area contributed by atoms with Crippen LogP contribution in [0.15, 0.2) is 24.3 Å². The second-order valence-corrected chi connectivity index (χ2v) is 5.45. The van der Waals surface area contributed by atoms with E-state index in [-0.39, 0.29) is 5.92 Å². The number of likely N-dealkylation sites (tertiary alicyclic amines) is 1. The monoisotopic (exact) mass is 291 g/mol. The highest BCUT2D eigenvalue weighted by Crippen LogP contribution is 2.26. The van der Waals surface area contributed by atoms with E-state index in [2.05, 4.69) is 4.90 Å². The standard InChI is InChI=1S/C17H25NO3/c1-3-20-16-6-4-5-7-17(16)21-13-12-18-10-8-15(9-11-18)14(2)19/h4-7,15H,3,8-13H2,1-2H3. The van der Waals surface area contributed by atoms with Gasteiger partial charge >= 0.3 is 0 Å². The van der Waals surface area contributed by atoms with Gasteiger partial charge in [0.2, 0.25) is 0 Å². The fraction of sp³-hybridized carbons (Fsp3) is 0.588. The fourth-order valence-corrected chi connectivity index (χ4v) is 2.69. The number of ketones is 1. The molecule has 1 aromatic carbocycles. The zero-order valence-electron chi connectivity index (χ0n) is 13.0. The van der Waals surface area contributed by atoms with Crippen LogP contribution in [0.2, 0.25) is 0 Å². The summed E-state index contributed by atoms with van der Waals surface area (Å²) in [4.78, 5) is 13.7. The molecule has 1 aromatic rings. The molecule has 116 valence electrons. The molecule has 0 N–H and O–H groups in total. The summed E-state index contributed by atoms with van der Waals surface area (Å²) in [5.41, 5.74) is 0. The lowest BCUT2D eigenvalue weighted by Crippen LogP contribution is -2.38. The minimum Gasteiger partial charge on any atom is -0.490 e. The topological polar surface area (TPSA) is 38.8 Å². The Morgan fingerprint density at radius 2 is 1.81 bits per heavy atom. The molecule has 0 unspecified atom stereocenters. The molecule has 0 bridgehead atoms. The number of nitrogens with zero attached hydrogens (tertiary/aromatic N) is 1. The van der Waals surface area contributed by atoms with E-state index < -0.39 is 0 Å². The third kappa shape index (κ3) is 4.74. The van der Waals surface area contributed by atoms with Crippen LogP contribution in [0.1, 0.15) is 26.7 Å². The number of hydrogen-bond donors (Lipinski definition) is 0. The van der Waals surface area contributed by atoms with Gasteiger partial charge in [-0.2, -0.15) is 0 Å². The maximum Gasteiger partial charge on any atom is 0.161 e. The first-order valence-electron chi connectivity index (χ1n) is 7.78. The van der Waals surface area contributed by atoms with Crippen LogP contribution in [0.4, 0.5) is 0 Å². The third-order valence-electron chi connectivity index (χ3n) is 3.98. The molecule has 0 aliphatic carbocycles. The van der Waals surface area contributed by atoms with Gasteiger partial charge in [0.25, 0.3) is 0 Å². The number of Topliss-reactive ketones (excluding diaryl/α,β-unsaturated/α-hetero) is 1. The van der Waals surface area contributed by atoms with Crippen molar-refractivity contribution in [1.82, 2.24) is 4.90 Å². The second kappa shape index (κ2) is 8.03. The van der Waals surface area contributed by atoms with Gasteiger partial charge in [-0.15, -0.1) is 0 Å². The van der Waals surface area contributed by atoms with Crippen molar-refractivity contribution in [1.29, 1.82) is 0 Å². The lowest BCUT2D eigenvalue weighted by molar-refractivity contribution is -0.122. The van der Waals surface area contributed by atoms with Crippen molar-refractivity contribution >= 4 is 5.78 Å². The molecule has 4 heteroatoms. The van der Waals surface area contributed by atoms with E-state index in [0.29, 0.717) is 19.0 Å². The molecule has 1 fully saturated rings. The summed E-state index contributed by atoms with van der Waals surface area (Å²) in [5.74, 6) is 2.20. The number of para-hydroxylation sites is 2. The van der Waals surface area contributed by atoms with Crippen LogP contribution in [-0.4, -0.2) is 43.5 Å². The quantitative estimate of drug-likeness (QED) is 0.774. The first-order valence-corrected chi connectivity index (χ1v) is 7.78. The van der Waals surface area contributed by atoms with E-state index in [1.807, 2.05) is 31.2 Å². The van der Waals surface area contributed by atoms with Crippen molar-refractivity contribution in [3.63, 3.8) is 0 Å². The Balaban J connectivity index is 1.74. The van der Waals surface area contributed by atoms with Gasteiger partial charge < -0.3 is 9.47 Å². The molecule has 0 aromatic heterocycles. The van der Waals surface area contributed by atoms with Crippen LogP contribution in [-0.2, 0) is 4.79 Å². The zero-order valence-corrected chi connectivity index (χ0v) is 13.0. The largest absolute Gasteiger partial charge is 0.490 e. The molecule has 1 aliphatic rings. The van der Waals surface area contributed by atoms with Crippen LogP contribution in [0, 0.1) is 5.92 Å². The lowest BCUT2D eigenvalue weighted by Gasteiger charge is -2.30. The normalized spacial score (nSPS) is 16.7. The molecule has 2 rings (SSSR count). The fourth-order valence-electron chi connectivity index (χ4n) is 2.69. The van der Waals surface area contributed by atoms with E-state index in [1.54, 1.807) is 6.92 Å². The summed E-state index contributed by atoms with van der Waals surface area (Å²) < 4.78 is 11.4. The SMILES string of the molecule is CCOc1ccccc1OCCN1CCC(C(C)=O)CC1. The predicted molar refractivity (Wildman–Crippen MR) is 83.0 cm³/mol. The minimum atomic E-state index is 0.265. The third-order valence-corrected chi connectivity index (χ3v) is 3.98. The van der Waals surface area contributed by atoms with Crippen molar-refractivity contribution in [2.24, 2.45) is 5.92 Å². The summed E-state index contributed by atoms with van der Waals surface area (Å²) in [5, 5.41) is 0. The Bertz CT molecular complexity index is 453. The molecule has 4 nitrogen and oxygen atoms in total. The Morgan fingerprint density at radius 1 is 1.19 bits per heavy atom. The number of piperidine rings is 1. The number of ether oxygens (including phenoxy) is 2. The van der Waals surface area contributed by atoms with Gasteiger partial charge in [0.1, 0.15) is 12.4 Å². The number of benzene rings is 1. The Kier molecular flexibility index (Phi) is 6.05.